The molecule has 2 aliphatic carbocycles. The molecule has 1 aliphatic heterocycles. The number of hydrogen-bond acceptors (Lipinski definition) is 2. The standard InChI is InChI=1S/C17H32N2/c1-14-11-16(18-15-7-3-2-4-8-15)13-19(12-14)17-9-5-6-10-17/h14-18H,2-13H2,1H3. The Hall–Kier alpha value is -0.0800. The average Bonchev–Trinajstić information content (AvgIpc) is 2.93. The van der Waals surface area contributed by atoms with E-state index in [0.29, 0.717) is 0 Å². The SMILES string of the molecule is CC1CC(NC2CCCCC2)CN(C2CCCC2)C1. The Morgan fingerprint density at radius 3 is 2.21 bits per heavy atom. The molecule has 2 unspecified atom stereocenters. The van der Waals surface area contributed by atoms with Crippen LogP contribution in [0.15, 0.2) is 0 Å². The lowest BCUT2D eigenvalue weighted by Crippen LogP contribution is -2.54. The molecular formula is C17H32N2. The zero-order valence-electron chi connectivity index (χ0n) is 12.7. The van der Waals surface area contributed by atoms with Gasteiger partial charge in [-0.1, -0.05) is 39.0 Å². The van der Waals surface area contributed by atoms with Crippen molar-refractivity contribution >= 4 is 0 Å². The molecule has 1 heterocycles. The second kappa shape index (κ2) is 6.58. The van der Waals surface area contributed by atoms with E-state index >= 15 is 0 Å². The Morgan fingerprint density at radius 2 is 1.47 bits per heavy atom. The number of nitrogens with zero attached hydrogens (tertiary/aromatic N) is 1. The Balaban J connectivity index is 1.52. The molecule has 0 radical (unpaired) electrons. The van der Waals surface area contributed by atoms with Gasteiger partial charge in [-0.3, -0.25) is 4.90 Å². The lowest BCUT2D eigenvalue weighted by molar-refractivity contribution is 0.0983. The van der Waals surface area contributed by atoms with Crippen molar-refractivity contribution in [2.24, 2.45) is 5.92 Å². The lowest BCUT2D eigenvalue weighted by atomic mass is 9.90. The normalized spacial score (nSPS) is 35.8. The molecule has 0 amide bonds. The summed E-state index contributed by atoms with van der Waals surface area (Å²) in [6, 6.07) is 2.51. The zero-order valence-corrected chi connectivity index (χ0v) is 12.7. The minimum atomic E-state index is 0.771. The molecule has 2 atom stereocenters. The lowest BCUT2D eigenvalue weighted by Gasteiger charge is -2.42. The molecule has 0 aromatic carbocycles. The summed E-state index contributed by atoms with van der Waals surface area (Å²) in [5.41, 5.74) is 0. The number of likely N-dealkylation sites (tertiary alicyclic amines) is 1. The smallest absolute Gasteiger partial charge is 0.0200 e. The van der Waals surface area contributed by atoms with Crippen molar-refractivity contribution in [3.8, 4) is 0 Å². The van der Waals surface area contributed by atoms with Gasteiger partial charge in [0.05, 0.1) is 0 Å². The van der Waals surface area contributed by atoms with E-state index < -0.39 is 0 Å². The molecule has 0 aromatic heterocycles. The van der Waals surface area contributed by atoms with Gasteiger partial charge in [-0.25, -0.2) is 0 Å². The summed E-state index contributed by atoms with van der Waals surface area (Å²) in [6.07, 6.45) is 14.5. The minimum Gasteiger partial charge on any atom is -0.310 e. The van der Waals surface area contributed by atoms with Crippen molar-refractivity contribution in [2.45, 2.75) is 89.3 Å². The predicted octanol–water partition coefficient (Wildman–Crippen LogP) is 3.56. The van der Waals surface area contributed by atoms with Gasteiger partial charge >= 0.3 is 0 Å². The van der Waals surface area contributed by atoms with Gasteiger partial charge in [-0.05, 0) is 38.0 Å². The van der Waals surface area contributed by atoms with Crippen LogP contribution in [0.25, 0.3) is 0 Å². The van der Waals surface area contributed by atoms with Gasteiger partial charge in [0, 0.05) is 31.2 Å². The first-order valence-corrected chi connectivity index (χ1v) is 8.81. The number of piperidine rings is 1. The maximum Gasteiger partial charge on any atom is 0.0200 e. The van der Waals surface area contributed by atoms with Gasteiger partial charge in [0.1, 0.15) is 0 Å². The first-order valence-electron chi connectivity index (χ1n) is 8.81. The molecule has 0 aromatic rings. The second-order valence-electron chi connectivity index (χ2n) is 7.43. The van der Waals surface area contributed by atoms with E-state index in [4.69, 9.17) is 0 Å². The topological polar surface area (TPSA) is 15.3 Å². The number of nitrogens with one attached hydrogen (secondary N) is 1. The van der Waals surface area contributed by atoms with Crippen molar-refractivity contribution < 1.29 is 0 Å². The van der Waals surface area contributed by atoms with Crippen molar-refractivity contribution in [1.82, 2.24) is 10.2 Å². The molecule has 3 aliphatic rings. The molecule has 1 N–H and O–H groups in total. The summed E-state index contributed by atoms with van der Waals surface area (Å²) in [5.74, 6) is 0.885. The zero-order chi connectivity index (χ0) is 13.1. The van der Waals surface area contributed by atoms with Crippen LogP contribution in [-0.4, -0.2) is 36.1 Å². The minimum absolute atomic E-state index is 0.771. The van der Waals surface area contributed by atoms with Crippen molar-refractivity contribution in [3.05, 3.63) is 0 Å². The van der Waals surface area contributed by atoms with Gasteiger partial charge in [0.25, 0.3) is 0 Å². The monoisotopic (exact) mass is 264 g/mol. The van der Waals surface area contributed by atoms with Crippen molar-refractivity contribution in [3.63, 3.8) is 0 Å². The van der Waals surface area contributed by atoms with E-state index in [1.54, 1.807) is 0 Å². The second-order valence-corrected chi connectivity index (χ2v) is 7.43. The van der Waals surface area contributed by atoms with Crippen LogP contribution in [0, 0.1) is 5.92 Å². The highest BCUT2D eigenvalue weighted by atomic mass is 15.2. The maximum atomic E-state index is 4.00. The van der Waals surface area contributed by atoms with E-state index in [0.717, 1.165) is 24.0 Å². The van der Waals surface area contributed by atoms with Gasteiger partial charge < -0.3 is 5.32 Å². The highest BCUT2D eigenvalue weighted by Gasteiger charge is 2.31. The molecule has 2 saturated carbocycles. The fraction of sp³-hybridized carbons (Fsp3) is 1.00. The van der Waals surface area contributed by atoms with Gasteiger partial charge in [0.15, 0.2) is 0 Å². The first-order chi connectivity index (χ1) is 9.31. The molecule has 1 saturated heterocycles. The first kappa shape index (κ1) is 13.9. The third-order valence-corrected chi connectivity index (χ3v) is 5.61. The van der Waals surface area contributed by atoms with Crippen molar-refractivity contribution in [1.29, 1.82) is 0 Å². The average molecular weight is 264 g/mol. The molecular weight excluding hydrogens is 232 g/mol. The molecule has 0 bridgehead atoms. The molecule has 2 nitrogen and oxygen atoms in total. The van der Waals surface area contributed by atoms with E-state index in [-0.39, 0.29) is 0 Å². The highest BCUT2D eigenvalue weighted by molar-refractivity contribution is 4.89. The largest absolute Gasteiger partial charge is 0.310 e. The predicted molar refractivity (Wildman–Crippen MR) is 81.4 cm³/mol. The molecule has 19 heavy (non-hydrogen) atoms. The van der Waals surface area contributed by atoms with Crippen LogP contribution < -0.4 is 5.32 Å². The summed E-state index contributed by atoms with van der Waals surface area (Å²) in [5, 5.41) is 4.00. The van der Waals surface area contributed by atoms with Crippen LogP contribution in [0.1, 0.15) is 71.1 Å². The van der Waals surface area contributed by atoms with E-state index in [9.17, 15) is 0 Å². The summed E-state index contributed by atoms with van der Waals surface area (Å²) in [7, 11) is 0. The molecule has 0 spiro atoms. The molecule has 3 rings (SSSR count). The molecule has 2 heteroatoms. The van der Waals surface area contributed by atoms with Gasteiger partial charge in [-0.2, -0.15) is 0 Å². The van der Waals surface area contributed by atoms with Crippen LogP contribution in [0.3, 0.4) is 0 Å². The molecule has 110 valence electrons. The maximum absolute atomic E-state index is 4.00. The number of hydrogen-bond donors (Lipinski definition) is 1. The van der Waals surface area contributed by atoms with Crippen LogP contribution in [0.4, 0.5) is 0 Å². The Morgan fingerprint density at radius 1 is 0.789 bits per heavy atom. The van der Waals surface area contributed by atoms with E-state index in [1.165, 1.54) is 77.3 Å². The Kier molecular flexibility index (Phi) is 4.81. The van der Waals surface area contributed by atoms with Gasteiger partial charge in [-0.15, -0.1) is 0 Å². The van der Waals surface area contributed by atoms with Crippen LogP contribution >= 0.6 is 0 Å². The summed E-state index contributed by atoms with van der Waals surface area (Å²) in [4.78, 5) is 2.82. The fourth-order valence-electron chi connectivity index (χ4n) is 4.68. The summed E-state index contributed by atoms with van der Waals surface area (Å²) >= 11 is 0. The van der Waals surface area contributed by atoms with Crippen LogP contribution in [0.2, 0.25) is 0 Å². The number of rotatable bonds is 3. The van der Waals surface area contributed by atoms with E-state index in [1.807, 2.05) is 0 Å². The third-order valence-electron chi connectivity index (χ3n) is 5.61. The van der Waals surface area contributed by atoms with Crippen LogP contribution in [0.5, 0.6) is 0 Å². The van der Waals surface area contributed by atoms with Crippen LogP contribution in [-0.2, 0) is 0 Å². The summed E-state index contributed by atoms with van der Waals surface area (Å²) in [6.45, 7) is 5.13. The Bertz CT molecular complexity index is 266. The van der Waals surface area contributed by atoms with Crippen molar-refractivity contribution in [2.75, 3.05) is 13.1 Å². The molecule has 3 fully saturated rings. The quantitative estimate of drug-likeness (QED) is 0.838. The summed E-state index contributed by atoms with van der Waals surface area (Å²) < 4.78 is 0. The third kappa shape index (κ3) is 3.72. The van der Waals surface area contributed by atoms with E-state index in [2.05, 4.69) is 17.1 Å². The Labute approximate surface area is 119 Å². The highest BCUT2D eigenvalue weighted by Crippen LogP contribution is 2.28. The van der Waals surface area contributed by atoms with Gasteiger partial charge in [0.2, 0.25) is 0 Å². The fourth-order valence-corrected chi connectivity index (χ4v) is 4.68.